The summed E-state index contributed by atoms with van der Waals surface area (Å²) in [5.74, 6) is 1.49. The van der Waals surface area contributed by atoms with Gasteiger partial charge >= 0.3 is 0 Å². The van der Waals surface area contributed by atoms with Crippen LogP contribution in [0.15, 0.2) is 40.2 Å². The smallest absolute Gasteiger partial charge is 0.263 e. The molecule has 0 saturated carbocycles. The Morgan fingerprint density at radius 1 is 1.35 bits per heavy atom. The SMILES string of the molecule is Cc1ccc(O[C@H](C)C(=O)N(C)Cc2nc(-c3cccs3)no2)c(C)c1. The molecule has 136 valence electrons. The van der Waals surface area contributed by atoms with Crippen LogP contribution in [-0.2, 0) is 11.3 Å². The minimum atomic E-state index is -0.610. The van der Waals surface area contributed by atoms with Gasteiger partial charge in [0.25, 0.3) is 5.91 Å². The fourth-order valence-electron chi connectivity index (χ4n) is 2.59. The molecule has 26 heavy (non-hydrogen) atoms. The minimum absolute atomic E-state index is 0.152. The van der Waals surface area contributed by atoms with E-state index in [-0.39, 0.29) is 12.5 Å². The highest BCUT2D eigenvalue weighted by Crippen LogP contribution is 2.22. The molecule has 1 aromatic carbocycles. The summed E-state index contributed by atoms with van der Waals surface area (Å²) in [5.41, 5.74) is 2.16. The van der Waals surface area contributed by atoms with E-state index in [1.165, 1.54) is 16.2 Å². The van der Waals surface area contributed by atoms with E-state index in [0.29, 0.717) is 17.5 Å². The molecule has 2 heterocycles. The number of hydrogen-bond acceptors (Lipinski definition) is 6. The molecular weight excluding hydrogens is 350 g/mol. The fraction of sp³-hybridized carbons (Fsp3) is 0.316. The van der Waals surface area contributed by atoms with Gasteiger partial charge in [-0.05, 0) is 43.8 Å². The van der Waals surface area contributed by atoms with Crippen molar-refractivity contribution in [2.24, 2.45) is 0 Å². The first kappa shape index (κ1) is 18.1. The number of carbonyl (C=O) groups excluding carboxylic acids is 1. The summed E-state index contributed by atoms with van der Waals surface area (Å²) in [6, 6.07) is 9.74. The Morgan fingerprint density at radius 2 is 2.15 bits per heavy atom. The highest BCUT2D eigenvalue weighted by molar-refractivity contribution is 7.13. The normalized spacial score (nSPS) is 12.0. The Bertz CT molecular complexity index is 889. The van der Waals surface area contributed by atoms with Crippen molar-refractivity contribution in [3.8, 4) is 16.5 Å². The van der Waals surface area contributed by atoms with Crippen LogP contribution in [0, 0.1) is 13.8 Å². The first-order valence-corrected chi connectivity index (χ1v) is 9.17. The first-order valence-electron chi connectivity index (χ1n) is 8.29. The second-order valence-electron chi connectivity index (χ2n) is 6.21. The van der Waals surface area contributed by atoms with Crippen LogP contribution in [0.4, 0.5) is 0 Å². The van der Waals surface area contributed by atoms with Crippen molar-refractivity contribution < 1.29 is 14.1 Å². The summed E-state index contributed by atoms with van der Waals surface area (Å²) in [6.07, 6.45) is -0.610. The molecule has 0 bridgehead atoms. The lowest BCUT2D eigenvalue weighted by Gasteiger charge is -2.21. The number of benzene rings is 1. The number of thiophene rings is 1. The van der Waals surface area contributed by atoms with Gasteiger partial charge in [-0.1, -0.05) is 28.9 Å². The number of rotatable bonds is 6. The van der Waals surface area contributed by atoms with Crippen molar-refractivity contribution >= 4 is 17.2 Å². The van der Waals surface area contributed by atoms with E-state index in [4.69, 9.17) is 9.26 Å². The summed E-state index contributed by atoms with van der Waals surface area (Å²) in [5, 5.41) is 5.91. The van der Waals surface area contributed by atoms with Gasteiger partial charge in [0, 0.05) is 7.05 Å². The summed E-state index contributed by atoms with van der Waals surface area (Å²) in [7, 11) is 1.69. The van der Waals surface area contributed by atoms with Crippen LogP contribution in [0.2, 0.25) is 0 Å². The predicted molar refractivity (Wildman–Crippen MR) is 100 cm³/mol. The highest BCUT2D eigenvalue weighted by Gasteiger charge is 2.22. The Kier molecular flexibility index (Phi) is 5.37. The number of ether oxygens (including phenoxy) is 1. The Morgan fingerprint density at radius 3 is 2.85 bits per heavy atom. The van der Waals surface area contributed by atoms with E-state index in [9.17, 15) is 4.79 Å². The van der Waals surface area contributed by atoms with Crippen LogP contribution in [0.1, 0.15) is 23.9 Å². The number of carbonyl (C=O) groups is 1. The molecule has 1 atom stereocenters. The molecule has 0 aliphatic rings. The monoisotopic (exact) mass is 371 g/mol. The molecule has 6 nitrogen and oxygen atoms in total. The van der Waals surface area contributed by atoms with Gasteiger partial charge in [-0.25, -0.2) is 0 Å². The summed E-state index contributed by atoms with van der Waals surface area (Å²) < 4.78 is 11.1. The van der Waals surface area contributed by atoms with Crippen LogP contribution in [0.3, 0.4) is 0 Å². The van der Waals surface area contributed by atoms with Crippen molar-refractivity contribution in [1.82, 2.24) is 15.0 Å². The topological polar surface area (TPSA) is 68.5 Å². The van der Waals surface area contributed by atoms with Crippen molar-refractivity contribution in [3.05, 3.63) is 52.7 Å². The Balaban J connectivity index is 1.62. The maximum absolute atomic E-state index is 12.6. The van der Waals surface area contributed by atoms with E-state index < -0.39 is 6.10 Å². The average Bonchev–Trinajstić information content (AvgIpc) is 3.27. The Hall–Kier alpha value is -2.67. The molecule has 0 unspecified atom stereocenters. The fourth-order valence-corrected chi connectivity index (χ4v) is 3.24. The number of hydrogen-bond donors (Lipinski definition) is 0. The highest BCUT2D eigenvalue weighted by atomic mass is 32.1. The molecule has 1 amide bonds. The van der Waals surface area contributed by atoms with Gasteiger partial charge in [0.2, 0.25) is 11.7 Å². The maximum Gasteiger partial charge on any atom is 0.263 e. The van der Waals surface area contributed by atoms with Gasteiger partial charge < -0.3 is 14.2 Å². The molecule has 0 aliphatic heterocycles. The molecule has 0 radical (unpaired) electrons. The standard InChI is InChI=1S/C19H21N3O3S/c1-12-7-8-15(13(2)10-12)24-14(3)19(23)22(4)11-17-20-18(21-25-17)16-6-5-9-26-16/h5-10,14H,11H2,1-4H3/t14-/m1/s1. The molecule has 0 saturated heterocycles. The van der Waals surface area contributed by atoms with E-state index in [2.05, 4.69) is 10.1 Å². The van der Waals surface area contributed by atoms with Crippen LogP contribution in [-0.4, -0.2) is 34.1 Å². The zero-order valence-electron chi connectivity index (χ0n) is 15.2. The molecule has 3 rings (SSSR count). The van der Waals surface area contributed by atoms with Crippen LogP contribution in [0.25, 0.3) is 10.7 Å². The van der Waals surface area contributed by atoms with Gasteiger partial charge in [-0.2, -0.15) is 4.98 Å². The molecule has 0 spiro atoms. The van der Waals surface area contributed by atoms with E-state index in [1.54, 1.807) is 14.0 Å². The first-order chi connectivity index (χ1) is 12.4. The Labute approximate surface area is 156 Å². The third kappa shape index (κ3) is 4.11. The van der Waals surface area contributed by atoms with Crippen molar-refractivity contribution in [2.75, 3.05) is 7.05 Å². The predicted octanol–water partition coefficient (Wildman–Crippen LogP) is 3.84. The lowest BCUT2D eigenvalue weighted by Crippen LogP contribution is -2.37. The molecule has 7 heteroatoms. The summed E-state index contributed by atoms with van der Waals surface area (Å²) in [6.45, 7) is 5.96. The van der Waals surface area contributed by atoms with Crippen molar-refractivity contribution in [2.45, 2.75) is 33.4 Å². The van der Waals surface area contributed by atoms with Crippen molar-refractivity contribution in [3.63, 3.8) is 0 Å². The summed E-state index contributed by atoms with van der Waals surface area (Å²) >= 11 is 1.54. The maximum atomic E-state index is 12.6. The quantitative estimate of drug-likeness (QED) is 0.658. The second-order valence-corrected chi connectivity index (χ2v) is 7.16. The molecule has 0 fully saturated rings. The van der Waals surface area contributed by atoms with Crippen LogP contribution >= 0.6 is 11.3 Å². The average molecular weight is 371 g/mol. The van der Waals surface area contributed by atoms with Gasteiger partial charge in [-0.15, -0.1) is 11.3 Å². The number of amides is 1. The molecule has 0 N–H and O–H groups in total. The zero-order chi connectivity index (χ0) is 18.7. The van der Waals surface area contributed by atoms with E-state index >= 15 is 0 Å². The van der Waals surface area contributed by atoms with Gasteiger partial charge in [0.1, 0.15) is 5.75 Å². The summed E-state index contributed by atoms with van der Waals surface area (Å²) in [4.78, 5) is 19.4. The van der Waals surface area contributed by atoms with Crippen LogP contribution in [0.5, 0.6) is 5.75 Å². The number of aryl methyl sites for hydroxylation is 2. The minimum Gasteiger partial charge on any atom is -0.481 e. The molecule has 2 aromatic heterocycles. The molecule has 3 aromatic rings. The lowest BCUT2D eigenvalue weighted by molar-refractivity contribution is -0.137. The number of nitrogens with zero attached hydrogens (tertiary/aromatic N) is 3. The number of aromatic nitrogens is 2. The molecular formula is C19H21N3O3S. The van der Waals surface area contributed by atoms with Crippen LogP contribution < -0.4 is 4.74 Å². The van der Waals surface area contributed by atoms with Gasteiger partial charge in [0.05, 0.1) is 11.4 Å². The number of likely N-dealkylation sites (N-methyl/N-ethyl adjacent to an activating group) is 1. The zero-order valence-corrected chi connectivity index (χ0v) is 16.0. The second kappa shape index (κ2) is 7.70. The largest absolute Gasteiger partial charge is 0.481 e. The van der Waals surface area contributed by atoms with Gasteiger partial charge in [-0.3, -0.25) is 4.79 Å². The third-order valence-electron chi connectivity index (χ3n) is 3.94. The molecule has 0 aliphatic carbocycles. The van der Waals surface area contributed by atoms with Gasteiger partial charge in [0.15, 0.2) is 6.10 Å². The third-order valence-corrected chi connectivity index (χ3v) is 4.81. The van der Waals surface area contributed by atoms with E-state index in [0.717, 1.165) is 16.0 Å². The lowest BCUT2D eigenvalue weighted by atomic mass is 10.1. The van der Waals surface area contributed by atoms with Crippen molar-refractivity contribution in [1.29, 1.82) is 0 Å². The van der Waals surface area contributed by atoms with E-state index in [1.807, 2.05) is 49.6 Å².